The number of halogens is 4. The Morgan fingerprint density at radius 3 is 2.67 bits per heavy atom. The van der Waals surface area contributed by atoms with Crippen molar-refractivity contribution in [2.45, 2.75) is 31.8 Å². The molecule has 0 radical (unpaired) electrons. The average Bonchev–Trinajstić information content (AvgIpc) is 3.14. The second-order valence-electron chi connectivity index (χ2n) is 7.76. The van der Waals surface area contributed by atoms with E-state index in [0.29, 0.717) is 25.2 Å². The minimum atomic E-state index is -0.953. The number of hydrogen-bond donors (Lipinski definition) is 2. The molecular weight excluding hydrogens is 433 g/mol. The van der Waals surface area contributed by atoms with Gasteiger partial charge in [-0.15, -0.1) is 0 Å². The first kappa shape index (κ1) is 21.0. The Kier molecular flexibility index (Phi) is 5.46. The van der Waals surface area contributed by atoms with E-state index < -0.39 is 17.2 Å². The summed E-state index contributed by atoms with van der Waals surface area (Å²) < 4.78 is 31.1. The summed E-state index contributed by atoms with van der Waals surface area (Å²) in [4.78, 5) is 16.9. The van der Waals surface area contributed by atoms with Crippen LogP contribution in [-0.2, 0) is 5.54 Å². The normalized spacial score (nSPS) is 19.0. The van der Waals surface area contributed by atoms with Crippen LogP contribution in [0, 0.1) is 11.6 Å². The Morgan fingerprint density at radius 1 is 1.23 bits per heavy atom. The van der Waals surface area contributed by atoms with Crippen LogP contribution >= 0.6 is 23.2 Å². The van der Waals surface area contributed by atoms with Crippen LogP contribution in [0.25, 0.3) is 10.9 Å². The van der Waals surface area contributed by atoms with Gasteiger partial charge in [0.1, 0.15) is 11.3 Å². The van der Waals surface area contributed by atoms with Gasteiger partial charge in [-0.25, -0.2) is 13.8 Å². The summed E-state index contributed by atoms with van der Waals surface area (Å²) in [6.45, 7) is 4.65. The summed E-state index contributed by atoms with van der Waals surface area (Å²) in [5, 5.41) is 6.90. The van der Waals surface area contributed by atoms with Crippen molar-refractivity contribution in [3.8, 4) is 0 Å². The molecule has 1 fully saturated rings. The van der Waals surface area contributed by atoms with E-state index >= 15 is 0 Å². The number of rotatable bonds is 4. The molecule has 1 aliphatic heterocycles. The van der Waals surface area contributed by atoms with Crippen LogP contribution in [0.5, 0.6) is 0 Å². The van der Waals surface area contributed by atoms with Crippen molar-refractivity contribution in [2.75, 3.05) is 18.4 Å². The molecule has 0 amide bonds. The van der Waals surface area contributed by atoms with Crippen LogP contribution in [0.4, 0.5) is 14.5 Å². The van der Waals surface area contributed by atoms with E-state index in [1.54, 1.807) is 6.07 Å². The number of anilines is 1. The van der Waals surface area contributed by atoms with Gasteiger partial charge in [-0.3, -0.25) is 9.36 Å². The Balaban J connectivity index is 1.87. The van der Waals surface area contributed by atoms with E-state index in [4.69, 9.17) is 23.2 Å². The van der Waals surface area contributed by atoms with Crippen LogP contribution in [0.3, 0.4) is 0 Å². The van der Waals surface area contributed by atoms with Gasteiger partial charge < -0.3 is 10.6 Å². The molecule has 2 heterocycles. The van der Waals surface area contributed by atoms with E-state index in [1.807, 2.05) is 13.8 Å². The maximum absolute atomic E-state index is 14.8. The minimum absolute atomic E-state index is 0.00647. The maximum atomic E-state index is 14.8. The largest absolute Gasteiger partial charge is 0.374 e. The number of aromatic nitrogens is 2. The highest BCUT2D eigenvalue weighted by atomic mass is 35.5. The van der Waals surface area contributed by atoms with Crippen molar-refractivity contribution in [3.63, 3.8) is 0 Å². The van der Waals surface area contributed by atoms with Gasteiger partial charge in [0.05, 0.1) is 27.3 Å². The lowest BCUT2D eigenvalue weighted by molar-refractivity contribution is 0.495. The van der Waals surface area contributed by atoms with Crippen molar-refractivity contribution in [1.82, 2.24) is 14.9 Å². The zero-order valence-corrected chi connectivity index (χ0v) is 17.9. The second-order valence-corrected chi connectivity index (χ2v) is 8.54. The number of nitrogens with zero attached hydrogens (tertiary/aromatic N) is 2. The van der Waals surface area contributed by atoms with E-state index in [2.05, 4.69) is 15.6 Å². The summed E-state index contributed by atoms with van der Waals surface area (Å²) >= 11 is 12.5. The highest BCUT2D eigenvalue weighted by Gasteiger charge is 2.40. The molecular formula is C21H20Cl2F2N4O. The van der Waals surface area contributed by atoms with Crippen molar-refractivity contribution >= 4 is 39.8 Å². The molecule has 2 N–H and O–H groups in total. The first-order chi connectivity index (χ1) is 14.2. The Hall–Kier alpha value is -2.22. The molecule has 9 heteroatoms. The predicted octanol–water partition coefficient (Wildman–Crippen LogP) is 4.86. The van der Waals surface area contributed by atoms with Crippen LogP contribution in [0.15, 0.2) is 35.4 Å². The first-order valence-corrected chi connectivity index (χ1v) is 10.3. The van der Waals surface area contributed by atoms with Gasteiger partial charge in [-0.05, 0) is 51.1 Å². The van der Waals surface area contributed by atoms with Crippen molar-refractivity contribution < 1.29 is 8.78 Å². The number of hydrogen-bond acceptors (Lipinski definition) is 4. The Bertz CT molecular complexity index is 1190. The molecule has 0 bridgehead atoms. The highest BCUT2D eigenvalue weighted by Crippen LogP contribution is 2.41. The Labute approximate surface area is 182 Å². The van der Waals surface area contributed by atoms with Crippen molar-refractivity contribution in [2.24, 2.45) is 0 Å². The molecule has 1 aliphatic rings. The first-order valence-electron chi connectivity index (χ1n) is 9.57. The quantitative estimate of drug-likeness (QED) is 0.554. The maximum Gasteiger partial charge on any atom is 0.261 e. The van der Waals surface area contributed by atoms with E-state index in [0.717, 1.165) is 0 Å². The molecule has 3 aromatic rings. The van der Waals surface area contributed by atoms with Gasteiger partial charge in [0.25, 0.3) is 5.56 Å². The summed E-state index contributed by atoms with van der Waals surface area (Å²) in [6.07, 6.45) is 1.84. The van der Waals surface area contributed by atoms with Gasteiger partial charge in [-0.2, -0.15) is 0 Å². The average molecular weight is 453 g/mol. The molecule has 2 aromatic carbocycles. The van der Waals surface area contributed by atoms with E-state index in [9.17, 15) is 13.6 Å². The van der Waals surface area contributed by atoms with E-state index in [-0.39, 0.29) is 38.1 Å². The molecule has 158 valence electrons. The molecule has 1 aromatic heterocycles. The molecule has 0 unspecified atom stereocenters. The SMILES string of the molecule is CC(C)n1cnc2c(F)cc(N[C@@]3(c4c(F)ccc(Cl)c4Cl)CCNC3)cc2c1=O. The van der Waals surface area contributed by atoms with Crippen molar-refractivity contribution in [1.29, 1.82) is 0 Å². The van der Waals surface area contributed by atoms with E-state index in [1.165, 1.54) is 29.1 Å². The molecule has 30 heavy (non-hydrogen) atoms. The highest BCUT2D eigenvalue weighted by molar-refractivity contribution is 6.42. The summed E-state index contributed by atoms with van der Waals surface area (Å²) in [5.41, 5.74) is -0.755. The number of benzene rings is 2. The summed E-state index contributed by atoms with van der Waals surface area (Å²) in [6, 6.07) is 5.33. The summed E-state index contributed by atoms with van der Waals surface area (Å²) in [7, 11) is 0. The fraction of sp³-hybridized carbons (Fsp3) is 0.333. The van der Waals surface area contributed by atoms with Gasteiger partial charge in [0.2, 0.25) is 0 Å². The summed E-state index contributed by atoms with van der Waals surface area (Å²) in [5.74, 6) is -1.15. The molecule has 1 saturated heterocycles. The predicted molar refractivity (Wildman–Crippen MR) is 116 cm³/mol. The zero-order chi connectivity index (χ0) is 21.6. The lowest BCUT2D eigenvalue weighted by Crippen LogP contribution is -2.39. The molecule has 0 spiro atoms. The van der Waals surface area contributed by atoms with Crippen LogP contribution < -0.4 is 16.2 Å². The number of fused-ring (bicyclic) bond motifs is 1. The van der Waals surface area contributed by atoms with Crippen molar-refractivity contribution in [3.05, 3.63) is 68.2 Å². The van der Waals surface area contributed by atoms with Gasteiger partial charge in [-0.1, -0.05) is 23.2 Å². The fourth-order valence-electron chi connectivity index (χ4n) is 3.96. The fourth-order valence-corrected chi connectivity index (χ4v) is 4.45. The van der Waals surface area contributed by atoms with Crippen LogP contribution in [-0.4, -0.2) is 22.6 Å². The lowest BCUT2D eigenvalue weighted by Gasteiger charge is -2.33. The smallest absolute Gasteiger partial charge is 0.261 e. The van der Waals surface area contributed by atoms with Crippen LogP contribution in [0.2, 0.25) is 10.0 Å². The third kappa shape index (κ3) is 3.45. The molecule has 5 nitrogen and oxygen atoms in total. The van der Waals surface area contributed by atoms with Gasteiger partial charge in [0.15, 0.2) is 5.82 Å². The zero-order valence-electron chi connectivity index (χ0n) is 16.4. The monoisotopic (exact) mass is 452 g/mol. The third-order valence-electron chi connectivity index (χ3n) is 5.46. The second kappa shape index (κ2) is 7.80. The minimum Gasteiger partial charge on any atom is -0.374 e. The van der Waals surface area contributed by atoms with Gasteiger partial charge in [0, 0.05) is 23.8 Å². The third-order valence-corrected chi connectivity index (χ3v) is 6.26. The molecule has 0 aliphatic carbocycles. The van der Waals surface area contributed by atoms with Crippen LogP contribution in [0.1, 0.15) is 31.9 Å². The van der Waals surface area contributed by atoms with Gasteiger partial charge >= 0.3 is 0 Å². The molecule has 0 saturated carbocycles. The standard InChI is InChI=1S/C21H20Cl2F2N4O/c1-11(2)29-10-27-19-13(20(29)30)7-12(8-16(19)25)28-21(5-6-26-9-21)17-15(24)4-3-14(22)18(17)23/h3-4,7-8,10-11,26,28H,5-6,9H2,1-2H3/t21-/m0/s1. The Morgan fingerprint density at radius 2 is 2.00 bits per heavy atom. The lowest BCUT2D eigenvalue weighted by atomic mass is 9.87. The number of nitrogens with one attached hydrogen (secondary N) is 2. The molecule has 1 atom stereocenters. The topological polar surface area (TPSA) is 59.0 Å². The molecule has 4 rings (SSSR count).